The summed E-state index contributed by atoms with van der Waals surface area (Å²) >= 11 is 0. The lowest BCUT2D eigenvalue weighted by molar-refractivity contribution is -0.143. The van der Waals surface area contributed by atoms with Crippen molar-refractivity contribution in [1.29, 1.82) is 0 Å². The highest BCUT2D eigenvalue weighted by Crippen LogP contribution is 2.07. The average molecular weight is 240 g/mol. The molecule has 1 atom stereocenters. The summed E-state index contributed by atoms with van der Waals surface area (Å²) in [6.45, 7) is 4.65. The Morgan fingerprint density at radius 1 is 1.59 bits per heavy atom. The number of carbonyl (C=O) groups is 1. The zero-order valence-corrected chi connectivity index (χ0v) is 10.8. The van der Waals surface area contributed by atoms with Crippen molar-refractivity contribution in [1.82, 2.24) is 20.3 Å². The lowest BCUT2D eigenvalue weighted by Gasteiger charge is -2.17. The van der Waals surface area contributed by atoms with Crippen molar-refractivity contribution < 1.29 is 9.53 Å². The standard InChI is InChI=1S/C11H20N4O2/c1-8(2)5-10(11(16)17-4)12-6-9-7-15(3)14-13-9/h7-8,10,12H,5-6H2,1-4H3. The van der Waals surface area contributed by atoms with E-state index in [0.29, 0.717) is 12.5 Å². The van der Waals surface area contributed by atoms with Gasteiger partial charge in [-0.25, -0.2) is 0 Å². The molecule has 0 aliphatic rings. The molecule has 0 spiro atoms. The van der Waals surface area contributed by atoms with Crippen molar-refractivity contribution in [3.05, 3.63) is 11.9 Å². The Bertz CT molecular complexity index is 362. The first kappa shape index (κ1) is 13.6. The molecule has 0 radical (unpaired) electrons. The summed E-state index contributed by atoms with van der Waals surface area (Å²) < 4.78 is 6.40. The van der Waals surface area contributed by atoms with Crippen LogP contribution < -0.4 is 5.32 Å². The van der Waals surface area contributed by atoms with Gasteiger partial charge in [0.15, 0.2) is 0 Å². The van der Waals surface area contributed by atoms with E-state index in [2.05, 4.69) is 29.5 Å². The maximum Gasteiger partial charge on any atom is 0.322 e. The Morgan fingerprint density at radius 3 is 2.76 bits per heavy atom. The van der Waals surface area contributed by atoms with Gasteiger partial charge in [0.25, 0.3) is 0 Å². The Morgan fingerprint density at radius 2 is 2.29 bits per heavy atom. The first-order chi connectivity index (χ1) is 8.02. The average Bonchev–Trinajstić information content (AvgIpc) is 2.68. The second kappa shape index (κ2) is 6.34. The van der Waals surface area contributed by atoms with Gasteiger partial charge in [0.05, 0.1) is 12.8 Å². The summed E-state index contributed by atoms with van der Waals surface area (Å²) in [4.78, 5) is 11.5. The van der Waals surface area contributed by atoms with E-state index in [0.717, 1.165) is 12.1 Å². The van der Waals surface area contributed by atoms with Crippen LogP contribution in [0.15, 0.2) is 6.20 Å². The van der Waals surface area contributed by atoms with Gasteiger partial charge in [-0.15, -0.1) is 5.10 Å². The van der Waals surface area contributed by atoms with Gasteiger partial charge in [-0.2, -0.15) is 0 Å². The molecule has 6 heteroatoms. The summed E-state index contributed by atoms with van der Waals surface area (Å²) in [5, 5.41) is 10.9. The largest absolute Gasteiger partial charge is 0.468 e. The molecule has 1 N–H and O–H groups in total. The van der Waals surface area contributed by atoms with Gasteiger partial charge < -0.3 is 4.74 Å². The molecule has 1 aromatic heterocycles. The summed E-state index contributed by atoms with van der Waals surface area (Å²) in [7, 11) is 3.21. The molecule has 17 heavy (non-hydrogen) atoms. The van der Waals surface area contributed by atoms with Crippen LogP contribution in [0.25, 0.3) is 0 Å². The minimum atomic E-state index is -0.290. The third kappa shape index (κ3) is 4.52. The zero-order valence-electron chi connectivity index (χ0n) is 10.8. The van der Waals surface area contributed by atoms with Crippen molar-refractivity contribution in [2.24, 2.45) is 13.0 Å². The van der Waals surface area contributed by atoms with Crippen LogP contribution in [0.3, 0.4) is 0 Å². The minimum Gasteiger partial charge on any atom is -0.468 e. The second-order valence-corrected chi connectivity index (χ2v) is 4.47. The van der Waals surface area contributed by atoms with Gasteiger partial charge in [-0.05, 0) is 12.3 Å². The maximum atomic E-state index is 11.5. The first-order valence-electron chi connectivity index (χ1n) is 5.69. The van der Waals surface area contributed by atoms with E-state index in [1.54, 1.807) is 4.68 Å². The van der Waals surface area contributed by atoms with E-state index < -0.39 is 0 Å². The molecule has 6 nitrogen and oxygen atoms in total. The van der Waals surface area contributed by atoms with Crippen LogP contribution in [-0.4, -0.2) is 34.1 Å². The fraction of sp³-hybridized carbons (Fsp3) is 0.727. The molecule has 0 saturated heterocycles. The van der Waals surface area contributed by atoms with E-state index >= 15 is 0 Å². The van der Waals surface area contributed by atoms with Crippen LogP contribution in [0.4, 0.5) is 0 Å². The number of ether oxygens (including phenoxy) is 1. The maximum absolute atomic E-state index is 11.5. The molecule has 0 saturated carbocycles. The molecule has 0 fully saturated rings. The molecule has 1 heterocycles. The highest BCUT2D eigenvalue weighted by Gasteiger charge is 2.20. The number of methoxy groups -OCH3 is 1. The van der Waals surface area contributed by atoms with Gasteiger partial charge in [0.1, 0.15) is 6.04 Å². The van der Waals surface area contributed by atoms with E-state index in [4.69, 9.17) is 4.74 Å². The van der Waals surface area contributed by atoms with Crippen LogP contribution in [0, 0.1) is 5.92 Å². The molecule has 96 valence electrons. The van der Waals surface area contributed by atoms with Gasteiger partial charge in [0.2, 0.25) is 0 Å². The van der Waals surface area contributed by atoms with Gasteiger partial charge >= 0.3 is 5.97 Å². The molecule has 1 aromatic rings. The predicted molar refractivity (Wildman–Crippen MR) is 63.1 cm³/mol. The normalized spacial score (nSPS) is 12.8. The Labute approximate surface area is 101 Å². The number of carbonyl (C=O) groups excluding carboxylic acids is 1. The van der Waals surface area contributed by atoms with Crippen molar-refractivity contribution in [2.75, 3.05) is 7.11 Å². The van der Waals surface area contributed by atoms with Crippen molar-refractivity contribution >= 4 is 5.97 Å². The first-order valence-corrected chi connectivity index (χ1v) is 5.69. The Kier molecular flexibility index (Phi) is 5.09. The van der Waals surface area contributed by atoms with Gasteiger partial charge in [-0.3, -0.25) is 14.8 Å². The Hall–Kier alpha value is -1.43. The number of hydrogen-bond acceptors (Lipinski definition) is 5. The second-order valence-electron chi connectivity index (χ2n) is 4.47. The van der Waals surface area contributed by atoms with Crippen LogP contribution in [-0.2, 0) is 23.1 Å². The molecule has 0 aliphatic carbocycles. The lowest BCUT2D eigenvalue weighted by atomic mass is 10.0. The predicted octanol–water partition coefficient (Wildman–Crippen LogP) is 0.492. The zero-order chi connectivity index (χ0) is 12.8. The number of aryl methyl sites for hydroxylation is 1. The van der Waals surface area contributed by atoms with E-state index in [-0.39, 0.29) is 12.0 Å². The quantitative estimate of drug-likeness (QED) is 0.733. The van der Waals surface area contributed by atoms with E-state index in [1.807, 2.05) is 13.2 Å². The number of esters is 1. The molecule has 0 amide bonds. The molecule has 1 rings (SSSR count). The highest BCUT2D eigenvalue weighted by molar-refractivity contribution is 5.75. The summed E-state index contributed by atoms with van der Waals surface area (Å²) in [6.07, 6.45) is 2.56. The number of nitrogens with zero attached hydrogens (tertiary/aromatic N) is 3. The summed E-state index contributed by atoms with van der Waals surface area (Å²) in [5.41, 5.74) is 0.810. The number of nitrogens with one attached hydrogen (secondary N) is 1. The monoisotopic (exact) mass is 240 g/mol. The third-order valence-corrected chi connectivity index (χ3v) is 2.37. The fourth-order valence-corrected chi connectivity index (χ4v) is 1.58. The van der Waals surface area contributed by atoms with Crippen LogP contribution in [0.5, 0.6) is 0 Å². The van der Waals surface area contributed by atoms with E-state index in [1.165, 1.54) is 7.11 Å². The molecule has 1 unspecified atom stereocenters. The van der Waals surface area contributed by atoms with Crippen LogP contribution in [0.2, 0.25) is 0 Å². The third-order valence-electron chi connectivity index (χ3n) is 2.37. The number of hydrogen-bond donors (Lipinski definition) is 1. The molecular weight excluding hydrogens is 220 g/mol. The van der Waals surface area contributed by atoms with Gasteiger partial charge in [-0.1, -0.05) is 19.1 Å². The van der Waals surface area contributed by atoms with Crippen molar-refractivity contribution in [3.63, 3.8) is 0 Å². The SMILES string of the molecule is COC(=O)C(CC(C)C)NCc1cn(C)nn1. The highest BCUT2D eigenvalue weighted by atomic mass is 16.5. The fourth-order valence-electron chi connectivity index (χ4n) is 1.58. The lowest BCUT2D eigenvalue weighted by Crippen LogP contribution is -2.38. The summed E-state index contributed by atoms with van der Waals surface area (Å²) in [5.74, 6) is 0.191. The molecule has 0 bridgehead atoms. The van der Waals surface area contributed by atoms with Crippen LogP contribution in [0.1, 0.15) is 26.0 Å². The molecular formula is C11H20N4O2. The number of aromatic nitrogens is 3. The van der Waals surface area contributed by atoms with Crippen molar-refractivity contribution in [2.45, 2.75) is 32.9 Å². The number of rotatable bonds is 6. The van der Waals surface area contributed by atoms with Crippen LogP contribution >= 0.6 is 0 Å². The van der Waals surface area contributed by atoms with Crippen molar-refractivity contribution in [3.8, 4) is 0 Å². The molecule has 0 aromatic carbocycles. The van der Waals surface area contributed by atoms with Gasteiger partial charge in [0, 0.05) is 19.8 Å². The summed E-state index contributed by atoms with van der Waals surface area (Å²) in [6, 6.07) is -0.290. The Balaban J connectivity index is 2.51. The van der Waals surface area contributed by atoms with E-state index in [9.17, 15) is 4.79 Å². The molecule has 0 aliphatic heterocycles. The smallest absolute Gasteiger partial charge is 0.322 e. The topological polar surface area (TPSA) is 69.0 Å². The minimum absolute atomic E-state index is 0.234.